The Morgan fingerprint density at radius 3 is 2.80 bits per heavy atom. The van der Waals surface area contributed by atoms with Crippen molar-refractivity contribution in [2.45, 2.75) is 44.9 Å². The number of pyridine rings is 1. The zero-order valence-corrected chi connectivity index (χ0v) is 12.0. The molecule has 0 spiro atoms. The monoisotopic (exact) mass is 270 g/mol. The van der Waals surface area contributed by atoms with Gasteiger partial charge in [0.25, 0.3) is 0 Å². The van der Waals surface area contributed by atoms with E-state index in [0.717, 1.165) is 18.1 Å². The third-order valence-electron chi connectivity index (χ3n) is 4.01. The SMILES string of the molecule is CCNc1cc(-n2ccnc2)cc(C2CCCCC2)n1. The summed E-state index contributed by atoms with van der Waals surface area (Å²) in [6, 6.07) is 4.32. The molecule has 0 amide bonds. The van der Waals surface area contributed by atoms with Gasteiger partial charge >= 0.3 is 0 Å². The molecule has 0 bridgehead atoms. The van der Waals surface area contributed by atoms with Crippen LogP contribution in [0.25, 0.3) is 5.69 Å². The number of hydrogen-bond acceptors (Lipinski definition) is 3. The number of nitrogens with zero attached hydrogens (tertiary/aromatic N) is 3. The summed E-state index contributed by atoms with van der Waals surface area (Å²) in [5, 5.41) is 3.34. The van der Waals surface area contributed by atoms with Crippen LogP contribution in [-0.4, -0.2) is 21.1 Å². The third-order valence-corrected chi connectivity index (χ3v) is 4.01. The first-order valence-electron chi connectivity index (χ1n) is 7.61. The standard InChI is InChI=1S/C16H22N4/c1-2-18-16-11-14(20-9-8-17-12-20)10-15(19-16)13-6-4-3-5-7-13/h8-13H,2-7H2,1H3,(H,18,19). The van der Waals surface area contributed by atoms with Crippen molar-refractivity contribution in [2.75, 3.05) is 11.9 Å². The molecule has 20 heavy (non-hydrogen) atoms. The Morgan fingerprint density at radius 1 is 1.25 bits per heavy atom. The minimum atomic E-state index is 0.615. The first kappa shape index (κ1) is 13.2. The van der Waals surface area contributed by atoms with Crippen LogP contribution in [0.4, 0.5) is 5.82 Å². The second kappa shape index (κ2) is 6.07. The van der Waals surface area contributed by atoms with Gasteiger partial charge in [0.2, 0.25) is 0 Å². The van der Waals surface area contributed by atoms with Crippen molar-refractivity contribution in [2.24, 2.45) is 0 Å². The van der Waals surface area contributed by atoms with Gasteiger partial charge in [0.05, 0.1) is 12.0 Å². The molecule has 0 aromatic carbocycles. The van der Waals surface area contributed by atoms with Gasteiger partial charge in [-0.15, -0.1) is 0 Å². The molecule has 1 fully saturated rings. The van der Waals surface area contributed by atoms with E-state index in [4.69, 9.17) is 4.98 Å². The number of nitrogens with one attached hydrogen (secondary N) is 1. The molecule has 1 saturated carbocycles. The van der Waals surface area contributed by atoms with Crippen LogP contribution < -0.4 is 5.32 Å². The second-order valence-corrected chi connectivity index (χ2v) is 5.47. The predicted octanol–water partition coefficient (Wildman–Crippen LogP) is 3.75. The highest BCUT2D eigenvalue weighted by Gasteiger charge is 2.18. The van der Waals surface area contributed by atoms with E-state index in [2.05, 4.69) is 33.9 Å². The molecule has 0 atom stereocenters. The third kappa shape index (κ3) is 2.84. The molecule has 4 nitrogen and oxygen atoms in total. The van der Waals surface area contributed by atoms with Gasteiger partial charge in [0.1, 0.15) is 5.82 Å². The summed E-state index contributed by atoms with van der Waals surface area (Å²) >= 11 is 0. The van der Waals surface area contributed by atoms with Gasteiger partial charge in [-0.25, -0.2) is 9.97 Å². The molecular formula is C16H22N4. The zero-order chi connectivity index (χ0) is 13.8. The van der Waals surface area contributed by atoms with Gasteiger partial charge in [-0.3, -0.25) is 0 Å². The summed E-state index contributed by atoms with van der Waals surface area (Å²) in [6.07, 6.45) is 12.2. The summed E-state index contributed by atoms with van der Waals surface area (Å²) in [4.78, 5) is 8.95. The van der Waals surface area contributed by atoms with E-state index in [1.165, 1.54) is 37.8 Å². The first-order valence-corrected chi connectivity index (χ1v) is 7.61. The van der Waals surface area contributed by atoms with Crippen molar-refractivity contribution in [3.63, 3.8) is 0 Å². The Bertz CT molecular complexity index is 542. The van der Waals surface area contributed by atoms with Crippen LogP contribution in [0.15, 0.2) is 30.9 Å². The molecule has 2 aromatic rings. The van der Waals surface area contributed by atoms with Crippen LogP contribution in [0.5, 0.6) is 0 Å². The molecule has 0 radical (unpaired) electrons. The fourth-order valence-electron chi connectivity index (χ4n) is 2.98. The average molecular weight is 270 g/mol. The molecular weight excluding hydrogens is 248 g/mol. The molecule has 1 N–H and O–H groups in total. The summed E-state index contributed by atoms with van der Waals surface area (Å²) in [5.74, 6) is 1.59. The van der Waals surface area contributed by atoms with Gasteiger partial charge < -0.3 is 9.88 Å². The van der Waals surface area contributed by atoms with E-state index in [1.54, 1.807) is 0 Å². The average Bonchev–Trinajstić information content (AvgIpc) is 3.02. The van der Waals surface area contributed by atoms with Gasteiger partial charge in [-0.2, -0.15) is 0 Å². The van der Waals surface area contributed by atoms with Crippen LogP contribution in [0.2, 0.25) is 0 Å². The van der Waals surface area contributed by atoms with E-state index >= 15 is 0 Å². The minimum absolute atomic E-state index is 0.615. The summed E-state index contributed by atoms with van der Waals surface area (Å²) < 4.78 is 2.05. The molecule has 106 valence electrons. The molecule has 1 aliphatic rings. The number of aromatic nitrogens is 3. The van der Waals surface area contributed by atoms with E-state index < -0.39 is 0 Å². The molecule has 2 aromatic heterocycles. The first-order chi connectivity index (χ1) is 9.86. The van der Waals surface area contributed by atoms with Crippen molar-refractivity contribution in [3.05, 3.63) is 36.5 Å². The van der Waals surface area contributed by atoms with Gasteiger partial charge in [0, 0.05) is 36.6 Å². The maximum Gasteiger partial charge on any atom is 0.128 e. The van der Waals surface area contributed by atoms with E-state index in [1.807, 2.05) is 18.7 Å². The lowest BCUT2D eigenvalue weighted by molar-refractivity contribution is 0.437. The van der Waals surface area contributed by atoms with E-state index in [-0.39, 0.29) is 0 Å². The van der Waals surface area contributed by atoms with Crippen molar-refractivity contribution < 1.29 is 0 Å². The Balaban J connectivity index is 1.95. The van der Waals surface area contributed by atoms with Gasteiger partial charge in [0.15, 0.2) is 0 Å². The van der Waals surface area contributed by atoms with E-state index in [9.17, 15) is 0 Å². The lowest BCUT2D eigenvalue weighted by Crippen LogP contribution is -2.10. The number of anilines is 1. The predicted molar refractivity (Wildman–Crippen MR) is 81.3 cm³/mol. The summed E-state index contributed by atoms with van der Waals surface area (Å²) in [6.45, 7) is 3.00. The van der Waals surface area contributed by atoms with Crippen molar-refractivity contribution in [1.82, 2.24) is 14.5 Å². The smallest absolute Gasteiger partial charge is 0.128 e. The molecule has 1 aliphatic carbocycles. The molecule has 0 aliphatic heterocycles. The number of hydrogen-bond donors (Lipinski definition) is 1. The molecule has 0 unspecified atom stereocenters. The normalized spacial score (nSPS) is 16.2. The number of imidazole rings is 1. The van der Waals surface area contributed by atoms with Crippen LogP contribution in [-0.2, 0) is 0 Å². The topological polar surface area (TPSA) is 42.7 Å². The van der Waals surface area contributed by atoms with Crippen LogP contribution in [0.3, 0.4) is 0 Å². The van der Waals surface area contributed by atoms with Gasteiger partial charge in [-0.05, 0) is 25.8 Å². The fraction of sp³-hybridized carbons (Fsp3) is 0.500. The van der Waals surface area contributed by atoms with Crippen molar-refractivity contribution in [3.8, 4) is 5.69 Å². The lowest BCUT2D eigenvalue weighted by atomic mass is 9.86. The Hall–Kier alpha value is -1.84. The zero-order valence-electron chi connectivity index (χ0n) is 12.0. The van der Waals surface area contributed by atoms with Crippen LogP contribution >= 0.6 is 0 Å². The quantitative estimate of drug-likeness (QED) is 0.920. The highest BCUT2D eigenvalue weighted by atomic mass is 15.0. The van der Waals surface area contributed by atoms with Crippen molar-refractivity contribution >= 4 is 5.82 Å². The Morgan fingerprint density at radius 2 is 2.10 bits per heavy atom. The largest absolute Gasteiger partial charge is 0.370 e. The Kier molecular flexibility index (Phi) is 4.00. The van der Waals surface area contributed by atoms with Crippen LogP contribution in [0.1, 0.15) is 50.6 Å². The summed E-state index contributed by atoms with van der Waals surface area (Å²) in [5.41, 5.74) is 2.38. The maximum absolute atomic E-state index is 4.81. The highest BCUT2D eigenvalue weighted by Crippen LogP contribution is 2.33. The maximum atomic E-state index is 4.81. The molecule has 4 heteroatoms. The van der Waals surface area contributed by atoms with Crippen molar-refractivity contribution in [1.29, 1.82) is 0 Å². The Labute approximate surface area is 120 Å². The highest BCUT2D eigenvalue weighted by molar-refractivity contribution is 5.47. The second-order valence-electron chi connectivity index (χ2n) is 5.47. The lowest BCUT2D eigenvalue weighted by Gasteiger charge is -2.22. The minimum Gasteiger partial charge on any atom is -0.370 e. The molecule has 0 saturated heterocycles. The molecule has 3 rings (SSSR count). The van der Waals surface area contributed by atoms with Crippen LogP contribution in [0, 0.1) is 0 Å². The van der Waals surface area contributed by atoms with E-state index in [0.29, 0.717) is 5.92 Å². The van der Waals surface area contributed by atoms with Gasteiger partial charge in [-0.1, -0.05) is 19.3 Å². The number of rotatable bonds is 4. The fourth-order valence-corrected chi connectivity index (χ4v) is 2.98. The summed E-state index contributed by atoms with van der Waals surface area (Å²) in [7, 11) is 0. The molecule has 2 heterocycles.